The van der Waals surface area contributed by atoms with Crippen LogP contribution >= 0.6 is 15.9 Å². The Balaban J connectivity index is 1.65. The van der Waals surface area contributed by atoms with Crippen molar-refractivity contribution in [3.63, 3.8) is 0 Å². The number of rotatable bonds is 4. The van der Waals surface area contributed by atoms with Crippen LogP contribution in [-0.4, -0.2) is 20.7 Å². The van der Waals surface area contributed by atoms with Crippen LogP contribution in [0.3, 0.4) is 0 Å². The molecule has 1 aromatic carbocycles. The SMILES string of the molecule is CC(C)(C)c1coc(COC(=O)c2cnn(-c3cccc(Br)c3)c2)n1. The maximum absolute atomic E-state index is 12.2. The highest BCUT2D eigenvalue weighted by atomic mass is 79.9. The first-order valence-electron chi connectivity index (χ1n) is 7.75. The van der Waals surface area contributed by atoms with Gasteiger partial charge in [-0.05, 0) is 18.2 Å². The molecule has 0 aliphatic heterocycles. The van der Waals surface area contributed by atoms with Crippen molar-refractivity contribution in [1.29, 1.82) is 0 Å². The lowest BCUT2D eigenvalue weighted by Gasteiger charge is -2.12. The molecule has 0 unspecified atom stereocenters. The molecule has 0 bridgehead atoms. The topological polar surface area (TPSA) is 70.2 Å². The minimum Gasteiger partial charge on any atom is -0.452 e. The number of benzene rings is 1. The van der Waals surface area contributed by atoms with E-state index in [2.05, 4.69) is 26.0 Å². The number of hydrogen-bond acceptors (Lipinski definition) is 5. The second-order valence-electron chi connectivity index (χ2n) is 6.61. The fourth-order valence-electron chi connectivity index (χ4n) is 2.12. The summed E-state index contributed by atoms with van der Waals surface area (Å²) in [4.78, 5) is 16.5. The summed E-state index contributed by atoms with van der Waals surface area (Å²) in [5, 5.41) is 4.20. The highest BCUT2D eigenvalue weighted by Gasteiger charge is 2.19. The van der Waals surface area contributed by atoms with Crippen molar-refractivity contribution in [1.82, 2.24) is 14.8 Å². The van der Waals surface area contributed by atoms with Gasteiger partial charge < -0.3 is 9.15 Å². The van der Waals surface area contributed by atoms with Crippen LogP contribution in [0.1, 0.15) is 42.7 Å². The second-order valence-corrected chi connectivity index (χ2v) is 7.52. The van der Waals surface area contributed by atoms with Crippen LogP contribution in [0.25, 0.3) is 5.69 Å². The van der Waals surface area contributed by atoms with Crippen molar-refractivity contribution in [3.8, 4) is 5.69 Å². The average Bonchev–Trinajstić information content (AvgIpc) is 3.21. The van der Waals surface area contributed by atoms with E-state index in [1.165, 1.54) is 6.20 Å². The Kier molecular flexibility index (Phi) is 4.76. The van der Waals surface area contributed by atoms with Gasteiger partial charge in [-0.2, -0.15) is 5.10 Å². The van der Waals surface area contributed by atoms with E-state index in [1.807, 2.05) is 45.0 Å². The third kappa shape index (κ3) is 4.17. The number of carbonyl (C=O) groups is 1. The summed E-state index contributed by atoms with van der Waals surface area (Å²) < 4.78 is 13.2. The number of carbonyl (C=O) groups excluding carboxylic acids is 1. The van der Waals surface area contributed by atoms with Gasteiger partial charge in [-0.3, -0.25) is 0 Å². The summed E-state index contributed by atoms with van der Waals surface area (Å²) >= 11 is 3.41. The van der Waals surface area contributed by atoms with E-state index in [1.54, 1.807) is 17.1 Å². The van der Waals surface area contributed by atoms with Crippen LogP contribution in [0.4, 0.5) is 0 Å². The van der Waals surface area contributed by atoms with E-state index >= 15 is 0 Å². The molecule has 3 rings (SSSR count). The Morgan fingerprint density at radius 1 is 1.36 bits per heavy atom. The molecule has 0 saturated carbocycles. The zero-order valence-electron chi connectivity index (χ0n) is 14.2. The van der Waals surface area contributed by atoms with Crippen molar-refractivity contribution >= 4 is 21.9 Å². The number of oxazole rings is 1. The largest absolute Gasteiger partial charge is 0.452 e. The van der Waals surface area contributed by atoms with E-state index < -0.39 is 5.97 Å². The molecule has 0 atom stereocenters. The predicted molar refractivity (Wildman–Crippen MR) is 95.6 cm³/mol. The normalized spacial score (nSPS) is 11.5. The second kappa shape index (κ2) is 6.84. The first kappa shape index (κ1) is 17.4. The van der Waals surface area contributed by atoms with Crippen molar-refractivity contribution in [2.24, 2.45) is 0 Å². The molecule has 3 aromatic rings. The fraction of sp³-hybridized carbons (Fsp3) is 0.278. The van der Waals surface area contributed by atoms with Crippen LogP contribution in [0.15, 0.2) is 51.8 Å². The summed E-state index contributed by atoms with van der Waals surface area (Å²) in [6.45, 7) is 6.10. The highest BCUT2D eigenvalue weighted by Crippen LogP contribution is 2.21. The number of esters is 1. The van der Waals surface area contributed by atoms with Gasteiger partial charge in [-0.1, -0.05) is 42.8 Å². The van der Waals surface area contributed by atoms with E-state index in [-0.39, 0.29) is 12.0 Å². The number of ether oxygens (including phenoxy) is 1. The lowest BCUT2D eigenvalue weighted by Crippen LogP contribution is -2.12. The number of nitrogens with zero attached hydrogens (tertiary/aromatic N) is 3. The fourth-order valence-corrected chi connectivity index (χ4v) is 2.51. The molecule has 2 aromatic heterocycles. The van der Waals surface area contributed by atoms with Crippen molar-refractivity contribution in [2.75, 3.05) is 0 Å². The number of aromatic nitrogens is 3. The van der Waals surface area contributed by atoms with Gasteiger partial charge in [0.2, 0.25) is 5.89 Å². The quantitative estimate of drug-likeness (QED) is 0.608. The maximum Gasteiger partial charge on any atom is 0.341 e. The van der Waals surface area contributed by atoms with Gasteiger partial charge in [0, 0.05) is 16.1 Å². The lowest BCUT2D eigenvalue weighted by molar-refractivity contribution is 0.0438. The van der Waals surface area contributed by atoms with Gasteiger partial charge in [0.05, 0.1) is 23.1 Å². The molecule has 2 heterocycles. The Morgan fingerprint density at radius 3 is 2.84 bits per heavy atom. The Hall–Kier alpha value is -2.41. The molecular formula is C18H18BrN3O3. The van der Waals surface area contributed by atoms with E-state index in [0.29, 0.717) is 11.5 Å². The smallest absolute Gasteiger partial charge is 0.341 e. The molecule has 0 radical (unpaired) electrons. The predicted octanol–water partition coefficient (Wildman–Crippen LogP) is 4.28. The minimum absolute atomic E-state index is 0.0169. The molecular weight excluding hydrogens is 386 g/mol. The zero-order chi connectivity index (χ0) is 18.0. The third-order valence-electron chi connectivity index (χ3n) is 3.54. The van der Waals surface area contributed by atoms with Crippen LogP contribution in [0.2, 0.25) is 0 Å². The Labute approximate surface area is 153 Å². The molecule has 0 fully saturated rings. The average molecular weight is 404 g/mol. The lowest BCUT2D eigenvalue weighted by atomic mass is 9.93. The first-order chi connectivity index (χ1) is 11.8. The summed E-state index contributed by atoms with van der Waals surface area (Å²) in [6, 6.07) is 7.62. The van der Waals surface area contributed by atoms with Crippen molar-refractivity contribution in [2.45, 2.75) is 32.8 Å². The summed E-state index contributed by atoms with van der Waals surface area (Å²) in [6.07, 6.45) is 4.69. The van der Waals surface area contributed by atoms with Crippen molar-refractivity contribution < 1.29 is 13.9 Å². The van der Waals surface area contributed by atoms with Crippen LogP contribution in [0.5, 0.6) is 0 Å². The van der Waals surface area contributed by atoms with Gasteiger partial charge in [0.1, 0.15) is 6.26 Å². The zero-order valence-corrected chi connectivity index (χ0v) is 15.8. The number of hydrogen-bond donors (Lipinski definition) is 0. The number of halogens is 1. The van der Waals surface area contributed by atoms with Gasteiger partial charge in [-0.15, -0.1) is 0 Å². The molecule has 130 valence electrons. The summed E-state index contributed by atoms with van der Waals surface area (Å²) in [7, 11) is 0. The first-order valence-corrected chi connectivity index (χ1v) is 8.55. The van der Waals surface area contributed by atoms with E-state index in [9.17, 15) is 4.79 Å². The monoisotopic (exact) mass is 403 g/mol. The van der Waals surface area contributed by atoms with Crippen LogP contribution in [0, 0.1) is 0 Å². The molecule has 6 nitrogen and oxygen atoms in total. The van der Waals surface area contributed by atoms with E-state index in [4.69, 9.17) is 9.15 Å². The van der Waals surface area contributed by atoms with E-state index in [0.717, 1.165) is 15.9 Å². The highest BCUT2D eigenvalue weighted by molar-refractivity contribution is 9.10. The van der Waals surface area contributed by atoms with Gasteiger partial charge in [0.15, 0.2) is 6.61 Å². The summed E-state index contributed by atoms with van der Waals surface area (Å²) in [5.41, 5.74) is 1.91. The minimum atomic E-state index is -0.475. The molecule has 25 heavy (non-hydrogen) atoms. The summed E-state index contributed by atoms with van der Waals surface area (Å²) in [5.74, 6) is -0.102. The molecule has 0 aliphatic rings. The molecule has 0 saturated heterocycles. The molecule has 0 amide bonds. The van der Waals surface area contributed by atoms with Crippen LogP contribution in [-0.2, 0) is 16.8 Å². The standard InChI is InChI=1S/C18H18BrN3O3/c1-18(2,3)15-10-24-16(21-15)11-25-17(23)12-8-20-22(9-12)14-6-4-5-13(19)7-14/h4-10H,11H2,1-3H3. The van der Waals surface area contributed by atoms with Crippen LogP contribution < -0.4 is 0 Å². The Morgan fingerprint density at radius 2 is 2.16 bits per heavy atom. The van der Waals surface area contributed by atoms with Gasteiger partial charge in [-0.25, -0.2) is 14.5 Å². The molecule has 0 spiro atoms. The molecule has 7 heteroatoms. The van der Waals surface area contributed by atoms with Gasteiger partial charge >= 0.3 is 5.97 Å². The molecule has 0 aliphatic carbocycles. The van der Waals surface area contributed by atoms with Crippen molar-refractivity contribution in [3.05, 3.63) is 64.5 Å². The maximum atomic E-state index is 12.2. The third-order valence-corrected chi connectivity index (χ3v) is 4.03. The molecule has 0 N–H and O–H groups in total. The van der Waals surface area contributed by atoms with Gasteiger partial charge in [0.25, 0.3) is 0 Å². The Bertz CT molecular complexity index is 893.